The molecule has 0 heterocycles. The first-order chi connectivity index (χ1) is 7.20. The molecule has 0 unspecified atom stereocenters. The maximum Gasteiger partial charge on any atom is 0.249 e. The van der Waals surface area contributed by atoms with E-state index in [0.717, 1.165) is 5.69 Å². The van der Waals surface area contributed by atoms with Crippen LogP contribution in [-0.4, -0.2) is 7.11 Å². The summed E-state index contributed by atoms with van der Waals surface area (Å²) < 4.78 is 5.02. The molecular formula is C11H9NO3. The van der Waals surface area contributed by atoms with Gasteiger partial charge in [-0.3, -0.25) is 9.59 Å². The zero-order valence-corrected chi connectivity index (χ0v) is 8.11. The lowest BCUT2D eigenvalue weighted by Gasteiger charge is -2.07. The van der Waals surface area contributed by atoms with Gasteiger partial charge in [-0.1, -0.05) is 6.07 Å². The van der Waals surface area contributed by atoms with Gasteiger partial charge in [0.05, 0.1) is 12.8 Å². The first-order valence-corrected chi connectivity index (χ1v) is 4.42. The van der Waals surface area contributed by atoms with Crippen molar-refractivity contribution in [1.82, 2.24) is 0 Å². The van der Waals surface area contributed by atoms with Gasteiger partial charge in [0.15, 0.2) is 0 Å². The summed E-state index contributed by atoms with van der Waals surface area (Å²) in [5.74, 6) is 0.693. The number of ether oxygens (including phenoxy) is 1. The molecule has 2 aromatic rings. The van der Waals surface area contributed by atoms with Gasteiger partial charge in [0.1, 0.15) is 5.75 Å². The van der Waals surface area contributed by atoms with Crippen LogP contribution in [0.25, 0.3) is 0 Å². The molecule has 4 heteroatoms. The molecule has 0 aromatic heterocycles. The SMILES string of the molecule is COc1cccc(Nc2cc(=O)c2=O)c1. The van der Waals surface area contributed by atoms with E-state index in [0.29, 0.717) is 11.4 Å². The molecule has 15 heavy (non-hydrogen) atoms. The number of hydrogen-bond acceptors (Lipinski definition) is 4. The Morgan fingerprint density at radius 1 is 1.20 bits per heavy atom. The van der Waals surface area contributed by atoms with E-state index in [1.54, 1.807) is 31.4 Å². The first-order valence-electron chi connectivity index (χ1n) is 4.42. The molecule has 0 bridgehead atoms. The smallest absolute Gasteiger partial charge is 0.249 e. The summed E-state index contributed by atoms with van der Waals surface area (Å²) in [6.45, 7) is 0. The highest BCUT2D eigenvalue weighted by Crippen LogP contribution is 2.19. The number of rotatable bonds is 3. The Labute approximate surface area is 85.8 Å². The maximum atomic E-state index is 11.0. The van der Waals surface area contributed by atoms with Crippen molar-refractivity contribution < 1.29 is 4.74 Å². The standard InChI is InChI=1S/C11H9NO3/c1-15-8-4-2-3-7(5-8)12-9-6-10(13)11(9)14/h2-6,12H,1H3. The van der Waals surface area contributed by atoms with Crippen LogP contribution in [0.5, 0.6) is 5.75 Å². The summed E-state index contributed by atoms with van der Waals surface area (Å²) >= 11 is 0. The zero-order valence-electron chi connectivity index (χ0n) is 8.11. The number of methoxy groups -OCH3 is 1. The van der Waals surface area contributed by atoms with Crippen molar-refractivity contribution in [2.24, 2.45) is 0 Å². The fourth-order valence-electron chi connectivity index (χ4n) is 1.27. The number of nitrogens with one attached hydrogen (secondary N) is 1. The molecule has 2 rings (SSSR count). The highest BCUT2D eigenvalue weighted by Gasteiger charge is 2.08. The molecule has 0 aliphatic heterocycles. The molecule has 0 amide bonds. The summed E-state index contributed by atoms with van der Waals surface area (Å²) in [5.41, 5.74) is 0.118. The van der Waals surface area contributed by atoms with Crippen molar-refractivity contribution in [2.45, 2.75) is 0 Å². The van der Waals surface area contributed by atoms with Crippen LogP contribution in [-0.2, 0) is 0 Å². The summed E-state index contributed by atoms with van der Waals surface area (Å²) in [6.07, 6.45) is 0. The van der Waals surface area contributed by atoms with Crippen LogP contribution >= 0.6 is 0 Å². The molecule has 0 aliphatic rings. The molecule has 0 fully saturated rings. The third-order valence-corrected chi connectivity index (χ3v) is 2.09. The zero-order chi connectivity index (χ0) is 10.8. The number of anilines is 2. The third kappa shape index (κ3) is 1.74. The minimum Gasteiger partial charge on any atom is -0.497 e. The normalized spacial score (nSPS) is 10.2. The average Bonchev–Trinajstić information content (AvgIpc) is 2.28. The monoisotopic (exact) mass is 203 g/mol. The van der Waals surface area contributed by atoms with Crippen molar-refractivity contribution in [3.8, 4) is 5.75 Å². The average molecular weight is 203 g/mol. The van der Waals surface area contributed by atoms with Crippen LogP contribution < -0.4 is 20.9 Å². The Balaban J connectivity index is 2.22. The van der Waals surface area contributed by atoms with Crippen molar-refractivity contribution in [3.63, 3.8) is 0 Å². The topological polar surface area (TPSA) is 55.4 Å². The number of hydrogen-bond donors (Lipinski definition) is 1. The molecule has 0 saturated carbocycles. The first kappa shape index (κ1) is 9.45. The van der Waals surface area contributed by atoms with Gasteiger partial charge in [-0.05, 0) is 12.1 Å². The molecular weight excluding hydrogens is 194 g/mol. The third-order valence-electron chi connectivity index (χ3n) is 2.09. The lowest BCUT2D eigenvalue weighted by atomic mass is 10.2. The molecule has 0 atom stereocenters. The summed E-state index contributed by atoms with van der Waals surface area (Å²) in [5, 5.41) is 2.84. The van der Waals surface area contributed by atoms with Crippen molar-refractivity contribution in [2.75, 3.05) is 12.4 Å². The van der Waals surface area contributed by atoms with Gasteiger partial charge in [0.2, 0.25) is 10.9 Å². The second-order valence-electron chi connectivity index (χ2n) is 3.11. The van der Waals surface area contributed by atoms with E-state index in [4.69, 9.17) is 4.74 Å². The van der Waals surface area contributed by atoms with Gasteiger partial charge in [-0.2, -0.15) is 0 Å². The minimum atomic E-state index is -0.474. The Bertz CT molecular complexity index is 553. The van der Waals surface area contributed by atoms with E-state index >= 15 is 0 Å². The Kier molecular flexibility index (Phi) is 2.25. The molecule has 76 valence electrons. The van der Waals surface area contributed by atoms with E-state index in [2.05, 4.69) is 5.32 Å². The molecule has 2 aromatic carbocycles. The van der Waals surface area contributed by atoms with Crippen LogP contribution in [0.15, 0.2) is 39.9 Å². The van der Waals surface area contributed by atoms with Gasteiger partial charge in [0, 0.05) is 17.8 Å². The Morgan fingerprint density at radius 3 is 2.60 bits per heavy atom. The van der Waals surface area contributed by atoms with E-state index < -0.39 is 10.9 Å². The summed E-state index contributed by atoms with van der Waals surface area (Å²) in [7, 11) is 1.57. The van der Waals surface area contributed by atoms with Crippen LogP contribution in [0.3, 0.4) is 0 Å². The van der Waals surface area contributed by atoms with Crippen LogP contribution in [0.4, 0.5) is 11.4 Å². The second kappa shape index (κ2) is 3.57. The molecule has 0 spiro atoms. The molecule has 0 saturated heterocycles. The highest BCUT2D eigenvalue weighted by molar-refractivity contribution is 5.62. The highest BCUT2D eigenvalue weighted by atomic mass is 16.5. The van der Waals surface area contributed by atoms with Crippen molar-refractivity contribution in [3.05, 3.63) is 50.8 Å². The maximum absolute atomic E-state index is 11.0. The van der Waals surface area contributed by atoms with Crippen molar-refractivity contribution >= 4 is 11.4 Å². The molecule has 0 radical (unpaired) electrons. The predicted molar refractivity (Wildman–Crippen MR) is 57.6 cm³/mol. The second-order valence-corrected chi connectivity index (χ2v) is 3.11. The lowest BCUT2D eigenvalue weighted by Crippen LogP contribution is -2.31. The van der Waals surface area contributed by atoms with E-state index in [1.165, 1.54) is 6.07 Å². The quantitative estimate of drug-likeness (QED) is 0.757. The number of benzene rings is 1. The van der Waals surface area contributed by atoms with Gasteiger partial charge in [-0.25, -0.2) is 0 Å². The van der Waals surface area contributed by atoms with E-state index in [1.807, 2.05) is 0 Å². The lowest BCUT2D eigenvalue weighted by molar-refractivity contribution is 0.415. The van der Waals surface area contributed by atoms with Crippen LogP contribution in [0.1, 0.15) is 0 Å². The fourth-order valence-corrected chi connectivity index (χ4v) is 1.27. The fraction of sp³-hybridized carbons (Fsp3) is 0.0909. The van der Waals surface area contributed by atoms with Crippen LogP contribution in [0, 0.1) is 0 Å². The van der Waals surface area contributed by atoms with E-state index in [9.17, 15) is 9.59 Å². The summed E-state index contributed by atoms with van der Waals surface area (Å²) in [4.78, 5) is 21.7. The van der Waals surface area contributed by atoms with E-state index in [-0.39, 0.29) is 0 Å². The molecule has 1 N–H and O–H groups in total. The van der Waals surface area contributed by atoms with Crippen LogP contribution in [0.2, 0.25) is 0 Å². The predicted octanol–water partition coefficient (Wildman–Crippen LogP) is 1.03. The van der Waals surface area contributed by atoms with Gasteiger partial charge >= 0.3 is 0 Å². The Hall–Kier alpha value is -2.10. The van der Waals surface area contributed by atoms with Crippen molar-refractivity contribution in [1.29, 1.82) is 0 Å². The largest absolute Gasteiger partial charge is 0.497 e. The molecule has 0 aliphatic carbocycles. The minimum absolute atomic E-state index is 0.327. The van der Waals surface area contributed by atoms with Gasteiger partial charge in [0.25, 0.3) is 0 Å². The summed E-state index contributed by atoms with van der Waals surface area (Å²) in [6, 6.07) is 8.41. The van der Waals surface area contributed by atoms with Gasteiger partial charge < -0.3 is 10.1 Å². The van der Waals surface area contributed by atoms with Gasteiger partial charge in [-0.15, -0.1) is 0 Å². The Morgan fingerprint density at radius 2 is 2.00 bits per heavy atom. The molecule has 4 nitrogen and oxygen atoms in total.